The van der Waals surface area contributed by atoms with Crippen molar-refractivity contribution in [1.82, 2.24) is 10.2 Å². The van der Waals surface area contributed by atoms with Gasteiger partial charge in [0.25, 0.3) is 11.8 Å². The van der Waals surface area contributed by atoms with Crippen LogP contribution in [-0.2, 0) is 25.6 Å². The monoisotopic (exact) mass is 471 g/mol. The summed E-state index contributed by atoms with van der Waals surface area (Å²) in [5, 5.41) is 5.64. The lowest BCUT2D eigenvalue weighted by molar-refractivity contribution is -0.146. The molecule has 4 rings (SSSR count). The van der Waals surface area contributed by atoms with E-state index in [9.17, 15) is 19.2 Å². The number of imide groups is 1. The SMILES string of the molecule is C=C1CCC(N2C(=O)C=C(Nc3cccc(C(C)CC(=O)Cc4ccc(C)cc4)c3)C2=O)C(=O)N1. The van der Waals surface area contributed by atoms with Crippen LogP contribution in [0.15, 0.2) is 72.6 Å². The quantitative estimate of drug-likeness (QED) is 0.572. The van der Waals surface area contributed by atoms with Gasteiger partial charge in [-0.1, -0.05) is 55.5 Å². The fourth-order valence-electron chi connectivity index (χ4n) is 4.42. The van der Waals surface area contributed by atoms with E-state index in [1.807, 2.05) is 56.3 Å². The van der Waals surface area contributed by atoms with E-state index in [2.05, 4.69) is 17.2 Å². The van der Waals surface area contributed by atoms with E-state index < -0.39 is 23.8 Å². The molecule has 180 valence electrons. The van der Waals surface area contributed by atoms with Gasteiger partial charge in [-0.25, -0.2) is 0 Å². The van der Waals surface area contributed by atoms with Crippen molar-refractivity contribution in [3.05, 3.63) is 89.3 Å². The smallest absolute Gasteiger partial charge is 0.278 e. The normalized spacial score (nSPS) is 18.9. The molecule has 35 heavy (non-hydrogen) atoms. The zero-order chi connectivity index (χ0) is 25.1. The molecule has 2 aromatic carbocycles. The molecule has 2 aliphatic rings. The summed E-state index contributed by atoms with van der Waals surface area (Å²) >= 11 is 0. The lowest BCUT2D eigenvalue weighted by atomic mass is 9.93. The van der Waals surface area contributed by atoms with Crippen molar-refractivity contribution in [3.8, 4) is 0 Å². The Bertz CT molecular complexity index is 1230. The first-order valence-electron chi connectivity index (χ1n) is 11.7. The second-order valence-corrected chi connectivity index (χ2v) is 9.28. The molecule has 7 nitrogen and oxygen atoms in total. The molecule has 7 heteroatoms. The first-order valence-corrected chi connectivity index (χ1v) is 11.7. The molecular formula is C28H29N3O4. The molecular weight excluding hydrogens is 442 g/mol. The van der Waals surface area contributed by atoms with Crippen LogP contribution < -0.4 is 10.6 Å². The number of amides is 3. The number of Topliss-reactive ketones (excluding diaryl/α,β-unsaturated/α-hetero) is 1. The molecule has 0 aromatic heterocycles. The van der Waals surface area contributed by atoms with Gasteiger partial charge in [-0.2, -0.15) is 0 Å². The second kappa shape index (κ2) is 10.1. The Morgan fingerprint density at radius 3 is 2.63 bits per heavy atom. The summed E-state index contributed by atoms with van der Waals surface area (Å²) in [5.41, 5.74) is 4.45. The van der Waals surface area contributed by atoms with Crippen LogP contribution in [0.2, 0.25) is 0 Å². The zero-order valence-electron chi connectivity index (χ0n) is 20.0. The van der Waals surface area contributed by atoms with Gasteiger partial charge in [-0.05, 0) is 48.9 Å². The van der Waals surface area contributed by atoms with Crippen molar-refractivity contribution in [2.24, 2.45) is 0 Å². The first kappa shape index (κ1) is 24.1. The van der Waals surface area contributed by atoms with Crippen molar-refractivity contribution in [2.75, 3.05) is 5.32 Å². The minimum Gasteiger partial charge on any atom is -0.351 e. The summed E-state index contributed by atoms with van der Waals surface area (Å²) in [7, 11) is 0. The van der Waals surface area contributed by atoms with Gasteiger partial charge in [-0.3, -0.25) is 24.1 Å². The largest absolute Gasteiger partial charge is 0.351 e. The Morgan fingerprint density at radius 1 is 1.17 bits per heavy atom. The number of aryl methyl sites for hydroxylation is 1. The summed E-state index contributed by atoms with van der Waals surface area (Å²) in [5.74, 6) is -1.31. The average Bonchev–Trinajstić information content (AvgIpc) is 3.08. The highest BCUT2D eigenvalue weighted by molar-refractivity contribution is 6.19. The maximum Gasteiger partial charge on any atom is 0.278 e. The van der Waals surface area contributed by atoms with Crippen LogP contribution in [-0.4, -0.2) is 34.4 Å². The minimum atomic E-state index is -0.845. The number of anilines is 1. The summed E-state index contributed by atoms with van der Waals surface area (Å²) in [6.07, 6.45) is 2.88. The summed E-state index contributed by atoms with van der Waals surface area (Å²) in [6, 6.07) is 14.6. The topological polar surface area (TPSA) is 95.6 Å². The lowest BCUT2D eigenvalue weighted by Crippen LogP contribution is -2.52. The number of rotatable bonds is 8. The highest BCUT2D eigenvalue weighted by atomic mass is 16.2. The highest BCUT2D eigenvalue weighted by Gasteiger charge is 2.41. The number of piperidine rings is 1. The number of carbonyl (C=O) groups excluding carboxylic acids is 4. The summed E-state index contributed by atoms with van der Waals surface area (Å²) < 4.78 is 0. The lowest BCUT2D eigenvalue weighted by Gasteiger charge is -2.29. The number of hydrogen-bond acceptors (Lipinski definition) is 5. The van der Waals surface area contributed by atoms with Gasteiger partial charge in [0, 0.05) is 30.3 Å². The van der Waals surface area contributed by atoms with Crippen LogP contribution in [0.1, 0.15) is 48.8 Å². The maximum atomic E-state index is 12.9. The van der Waals surface area contributed by atoms with Crippen molar-refractivity contribution in [3.63, 3.8) is 0 Å². The standard InChI is InChI=1S/C28H29N3O4/c1-17-7-10-20(11-8-17)14-23(32)13-18(2)21-5-4-6-22(15-21)30-24-16-26(33)31(28(24)35)25-12-9-19(3)29-27(25)34/h4-8,10-11,15-16,18,25,30H,3,9,12-14H2,1-2H3,(H,29,34). The van der Waals surface area contributed by atoms with Gasteiger partial charge >= 0.3 is 0 Å². The van der Waals surface area contributed by atoms with Crippen LogP contribution in [0.3, 0.4) is 0 Å². The van der Waals surface area contributed by atoms with Crippen LogP contribution in [0.5, 0.6) is 0 Å². The van der Waals surface area contributed by atoms with Crippen LogP contribution in [0.4, 0.5) is 5.69 Å². The molecule has 2 N–H and O–H groups in total. The predicted molar refractivity (Wildman–Crippen MR) is 133 cm³/mol. The number of allylic oxidation sites excluding steroid dienone is 1. The molecule has 2 aliphatic heterocycles. The van der Waals surface area contributed by atoms with Crippen molar-refractivity contribution < 1.29 is 19.2 Å². The number of benzene rings is 2. The zero-order valence-corrected chi connectivity index (χ0v) is 20.0. The van der Waals surface area contributed by atoms with Gasteiger partial charge in [0.1, 0.15) is 17.5 Å². The van der Waals surface area contributed by atoms with Crippen LogP contribution in [0.25, 0.3) is 0 Å². The number of nitrogens with one attached hydrogen (secondary N) is 2. The first-order chi connectivity index (χ1) is 16.7. The average molecular weight is 472 g/mol. The van der Waals surface area contributed by atoms with E-state index in [4.69, 9.17) is 0 Å². The van der Waals surface area contributed by atoms with Gasteiger partial charge in [-0.15, -0.1) is 0 Å². The van der Waals surface area contributed by atoms with Gasteiger partial charge in [0.15, 0.2) is 0 Å². The van der Waals surface area contributed by atoms with E-state index in [0.717, 1.165) is 21.6 Å². The number of ketones is 1. The van der Waals surface area contributed by atoms with E-state index in [0.29, 0.717) is 37.1 Å². The predicted octanol–water partition coefficient (Wildman–Crippen LogP) is 3.76. The Hall–Kier alpha value is -4.00. The fourth-order valence-corrected chi connectivity index (χ4v) is 4.42. The Morgan fingerprint density at radius 2 is 1.91 bits per heavy atom. The fraction of sp³-hybridized carbons (Fsp3) is 0.286. The number of hydrogen-bond donors (Lipinski definition) is 2. The molecule has 1 fully saturated rings. The Balaban J connectivity index is 1.39. The Kier molecular flexibility index (Phi) is 6.96. The van der Waals surface area contributed by atoms with E-state index >= 15 is 0 Å². The van der Waals surface area contributed by atoms with E-state index in [1.165, 1.54) is 6.08 Å². The molecule has 0 bridgehead atoms. The third-order valence-corrected chi connectivity index (χ3v) is 6.38. The number of carbonyl (C=O) groups is 4. The van der Waals surface area contributed by atoms with E-state index in [1.54, 1.807) is 6.07 Å². The Labute approximate surface area is 204 Å². The van der Waals surface area contributed by atoms with E-state index in [-0.39, 0.29) is 17.4 Å². The van der Waals surface area contributed by atoms with Gasteiger partial charge in [0.05, 0.1) is 0 Å². The van der Waals surface area contributed by atoms with Crippen molar-refractivity contribution in [2.45, 2.75) is 51.5 Å². The molecule has 0 aliphatic carbocycles. The number of nitrogens with zero attached hydrogens (tertiary/aromatic N) is 1. The molecule has 2 aromatic rings. The molecule has 0 spiro atoms. The van der Waals surface area contributed by atoms with Crippen molar-refractivity contribution in [1.29, 1.82) is 0 Å². The van der Waals surface area contributed by atoms with Crippen LogP contribution in [0, 0.1) is 6.92 Å². The molecule has 2 unspecified atom stereocenters. The van der Waals surface area contributed by atoms with Crippen LogP contribution >= 0.6 is 0 Å². The van der Waals surface area contributed by atoms with Gasteiger partial charge in [0.2, 0.25) is 5.91 Å². The summed E-state index contributed by atoms with van der Waals surface area (Å²) in [4.78, 5) is 51.4. The molecule has 0 saturated carbocycles. The molecule has 3 amide bonds. The second-order valence-electron chi connectivity index (χ2n) is 9.28. The minimum absolute atomic E-state index is 0.0138. The third kappa shape index (κ3) is 5.57. The molecule has 0 radical (unpaired) electrons. The third-order valence-electron chi connectivity index (χ3n) is 6.38. The highest BCUT2D eigenvalue weighted by Crippen LogP contribution is 2.27. The van der Waals surface area contributed by atoms with Gasteiger partial charge < -0.3 is 10.6 Å². The molecule has 1 saturated heterocycles. The molecule has 2 heterocycles. The maximum absolute atomic E-state index is 12.9. The molecule has 2 atom stereocenters. The summed E-state index contributed by atoms with van der Waals surface area (Å²) in [6.45, 7) is 7.74. The van der Waals surface area contributed by atoms with Crippen molar-refractivity contribution >= 4 is 29.2 Å².